The van der Waals surface area contributed by atoms with Gasteiger partial charge in [0, 0.05) is 40.7 Å². The predicted octanol–water partition coefficient (Wildman–Crippen LogP) is 5.66. The number of urea groups is 1. The molecule has 1 N–H and O–H groups in total. The minimum absolute atomic E-state index is 0. The van der Waals surface area contributed by atoms with Crippen molar-refractivity contribution in [1.29, 1.82) is 0 Å². The Morgan fingerprint density at radius 1 is 1.12 bits per heavy atom. The first kappa shape index (κ1) is 26.9. The summed E-state index contributed by atoms with van der Waals surface area (Å²) in [4.78, 5) is 23.5. The van der Waals surface area contributed by atoms with Crippen molar-refractivity contribution in [1.82, 2.24) is 10.2 Å². The molecule has 1 fully saturated rings. The second kappa shape index (κ2) is 12.8. The monoisotopic (exact) mass is 516 g/mol. The van der Waals surface area contributed by atoms with Crippen molar-refractivity contribution in [3.8, 4) is 0 Å². The first-order chi connectivity index (χ1) is 14.7. The molecule has 0 atom stereocenters. The van der Waals surface area contributed by atoms with Crippen LogP contribution >= 0.6 is 47.8 Å². The number of anilines is 1. The minimum atomic E-state index is -0.0339. The lowest BCUT2D eigenvalue weighted by Crippen LogP contribution is -2.44. The number of thiophene rings is 1. The van der Waals surface area contributed by atoms with E-state index >= 15 is 0 Å². The highest BCUT2D eigenvalue weighted by molar-refractivity contribution is 7.16. The Morgan fingerprint density at radius 3 is 2.59 bits per heavy atom. The van der Waals surface area contributed by atoms with Gasteiger partial charge in [-0.15, -0.1) is 36.2 Å². The topological polar surface area (TPSA) is 47.9 Å². The number of hydrogen-bond acceptors (Lipinski definition) is 4. The average Bonchev–Trinajstić information content (AvgIpc) is 3.11. The largest absolute Gasteiger partial charge is 0.336 e. The summed E-state index contributed by atoms with van der Waals surface area (Å²) >= 11 is 8.17. The normalized spacial score (nSPS) is 16.2. The molecule has 9 heteroatoms. The third-order valence-electron chi connectivity index (χ3n) is 5.73. The van der Waals surface area contributed by atoms with Crippen LogP contribution in [0.2, 0.25) is 5.02 Å². The zero-order valence-corrected chi connectivity index (χ0v) is 21.5. The highest BCUT2D eigenvalue weighted by atomic mass is 35.5. The summed E-state index contributed by atoms with van der Waals surface area (Å²) in [5, 5.41) is 4.79. The van der Waals surface area contributed by atoms with Crippen molar-refractivity contribution < 1.29 is 4.79 Å². The van der Waals surface area contributed by atoms with E-state index in [1.54, 1.807) is 11.3 Å². The van der Waals surface area contributed by atoms with Crippen LogP contribution in [0.3, 0.4) is 0 Å². The number of carbonyl (C=O) groups is 1. The number of nitrogens with one attached hydrogen (secondary N) is 1. The molecule has 0 radical (unpaired) electrons. The van der Waals surface area contributed by atoms with Crippen LogP contribution in [0.25, 0.3) is 0 Å². The van der Waals surface area contributed by atoms with E-state index < -0.39 is 0 Å². The molecule has 2 aromatic rings. The summed E-state index contributed by atoms with van der Waals surface area (Å²) in [5.41, 5.74) is 2.82. The van der Waals surface area contributed by atoms with E-state index in [2.05, 4.69) is 23.2 Å². The number of likely N-dealkylation sites (tertiary alicyclic amines) is 1. The van der Waals surface area contributed by atoms with Crippen molar-refractivity contribution in [3.05, 3.63) is 51.4 Å². The first-order valence-corrected chi connectivity index (χ1v) is 12.1. The molecular formula is C23H31Cl3N4OS. The van der Waals surface area contributed by atoms with Gasteiger partial charge in [0.25, 0.3) is 0 Å². The maximum Gasteiger partial charge on any atom is 0.322 e. The Kier molecular flexibility index (Phi) is 10.8. The van der Waals surface area contributed by atoms with Crippen molar-refractivity contribution >= 4 is 64.5 Å². The van der Waals surface area contributed by atoms with Crippen LogP contribution in [0.1, 0.15) is 42.2 Å². The highest BCUT2D eigenvalue weighted by Crippen LogP contribution is 2.36. The van der Waals surface area contributed by atoms with E-state index in [9.17, 15) is 4.79 Å². The molecule has 5 nitrogen and oxygen atoms in total. The number of aryl methyl sites for hydroxylation is 1. The third-order valence-corrected chi connectivity index (χ3v) is 7.36. The number of fused-ring (bicyclic) bond motifs is 1. The maximum atomic E-state index is 13.1. The zero-order valence-electron chi connectivity index (χ0n) is 18.3. The lowest BCUT2D eigenvalue weighted by atomic mass is 10.0. The number of rotatable bonds is 5. The SMILES string of the molecule is CCc1cc2c(s1)N(C(=O)NCCN1CCCCC1)CCN=C2c1ccccc1Cl.Cl.Cl. The second-order valence-corrected chi connectivity index (χ2v) is 9.30. The lowest BCUT2D eigenvalue weighted by molar-refractivity contribution is 0.223. The number of nitrogens with zero attached hydrogens (tertiary/aromatic N) is 3. The number of amides is 2. The number of hydrogen-bond donors (Lipinski definition) is 1. The Bertz CT molecular complexity index is 928. The summed E-state index contributed by atoms with van der Waals surface area (Å²) < 4.78 is 0. The zero-order chi connectivity index (χ0) is 20.9. The van der Waals surface area contributed by atoms with Gasteiger partial charge in [-0.1, -0.05) is 43.1 Å². The molecule has 176 valence electrons. The molecule has 32 heavy (non-hydrogen) atoms. The molecule has 0 aliphatic carbocycles. The van der Waals surface area contributed by atoms with Crippen LogP contribution in [-0.2, 0) is 6.42 Å². The Morgan fingerprint density at radius 2 is 1.88 bits per heavy atom. The standard InChI is InChI=1S/C23H29ClN4OS.2ClH/c1-2-17-16-19-21(18-8-4-5-9-20(18)24)25-11-15-28(22(19)30-17)23(29)26-10-14-27-12-6-3-7-13-27;;/h4-5,8-9,16H,2-3,6-7,10-15H2,1H3,(H,26,29);2*1H. The second-order valence-electron chi connectivity index (χ2n) is 7.78. The van der Waals surface area contributed by atoms with Gasteiger partial charge in [0.05, 0.1) is 12.3 Å². The number of halogens is 3. The Hall–Kier alpha value is -1.31. The fraction of sp³-hybridized carbons (Fsp3) is 0.478. The first-order valence-electron chi connectivity index (χ1n) is 10.9. The van der Waals surface area contributed by atoms with Crippen LogP contribution in [0.5, 0.6) is 0 Å². The Balaban J connectivity index is 0.00000181. The van der Waals surface area contributed by atoms with E-state index in [1.165, 1.54) is 24.1 Å². The van der Waals surface area contributed by atoms with E-state index in [-0.39, 0.29) is 30.8 Å². The smallest absolute Gasteiger partial charge is 0.322 e. The molecule has 0 saturated carbocycles. The molecule has 0 bridgehead atoms. The molecule has 2 aliphatic rings. The summed E-state index contributed by atoms with van der Waals surface area (Å²) in [6.07, 6.45) is 4.78. The van der Waals surface area contributed by atoms with Crippen molar-refractivity contribution in [2.24, 2.45) is 4.99 Å². The fourth-order valence-corrected chi connectivity index (χ4v) is 5.45. The van der Waals surface area contributed by atoms with Crippen LogP contribution in [-0.4, -0.2) is 55.9 Å². The number of aliphatic imine (C=N–C) groups is 1. The molecule has 0 unspecified atom stereocenters. The molecule has 2 amide bonds. The van der Waals surface area contributed by atoms with E-state index in [0.29, 0.717) is 24.7 Å². The molecule has 1 aromatic heterocycles. The van der Waals surface area contributed by atoms with Gasteiger partial charge in [0.1, 0.15) is 5.00 Å². The molecule has 1 saturated heterocycles. The number of carbonyl (C=O) groups excluding carboxylic acids is 1. The fourth-order valence-electron chi connectivity index (χ4n) is 4.10. The summed E-state index contributed by atoms with van der Waals surface area (Å²) in [5.74, 6) is 0. The summed E-state index contributed by atoms with van der Waals surface area (Å²) in [7, 11) is 0. The minimum Gasteiger partial charge on any atom is -0.336 e. The summed E-state index contributed by atoms with van der Waals surface area (Å²) in [6, 6.07) is 9.93. The predicted molar refractivity (Wildman–Crippen MR) is 141 cm³/mol. The maximum absolute atomic E-state index is 13.1. The lowest BCUT2D eigenvalue weighted by Gasteiger charge is -2.27. The van der Waals surface area contributed by atoms with Gasteiger partial charge in [-0.3, -0.25) is 9.89 Å². The molecule has 0 spiro atoms. The van der Waals surface area contributed by atoms with E-state index in [1.807, 2.05) is 29.2 Å². The van der Waals surface area contributed by atoms with Crippen LogP contribution < -0.4 is 10.2 Å². The van der Waals surface area contributed by atoms with Crippen molar-refractivity contribution in [2.75, 3.05) is 44.2 Å². The molecular weight excluding hydrogens is 487 g/mol. The highest BCUT2D eigenvalue weighted by Gasteiger charge is 2.27. The van der Waals surface area contributed by atoms with Crippen molar-refractivity contribution in [3.63, 3.8) is 0 Å². The van der Waals surface area contributed by atoms with Crippen LogP contribution in [0.4, 0.5) is 9.80 Å². The van der Waals surface area contributed by atoms with Gasteiger partial charge in [0.15, 0.2) is 0 Å². The number of piperidine rings is 1. The van der Waals surface area contributed by atoms with Gasteiger partial charge in [-0.2, -0.15) is 0 Å². The van der Waals surface area contributed by atoms with Crippen LogP contribution in [0.15, 0.2) is 35.3 Å². The third kappa shape index (κ3) is 6.17. The van der Waals surface area contributed by atoms with Gasteiger partial charge >= 0.3 is 6.03 Å². The van der Waals surface area contributed by atoms with Crippen molar-refractivity contribution in [2.45, 2.75) is 32.6 Å². The summed E-state index contributed by atoms with van der Waals surface area (Å²) in [6.45, 7) is 7.14. The quantitative estimate of drug-likeness (QED) is 0.556. The molecule has 4 rings (SSSR count). The van der Waals surface area contributed by atoms with Crippen LogP contribution in [0, 0.1) is 0 Å². The van der Waals surface area contributed by atoms with Gasteiger partial charge in [-0.25, -0.2) is 4.79 Å². The molecule has 1 aromatic carbocycles. The van der Waals surface area contributed by atoms with Gasteiger partial charge in [-0.05, 0) is 44.5 Å². The van der Waals surface area contributed by atoms with Gasteiger partial charge in [0.2, 0.25) is 0 Å². The molecule has 2 aliphatic heterocycles. The van der Waals surface area contributed by atoms with E-state index in [0.717, 1.165) is 47.9 Å². The molecule has 3 heterocycles. The van der Waals surface area contributed by atoms with E-state index in [4.69, 9.17) is 16.6 Å². The average molecular weight is 518 g/mol. The number of benzene rings is 1. The van der Waals surface area contributed by atoms with Gasteiger partial charge < -0.3 is 10.2 Å². The Labute approximate surface area is 212 Å².